The maximum Gasteiger partial charge on any atom is 0.336 e. The summed E-state index contributed by atoms with van der Waals surface area (Å²) in [6, 6.07) is 9.38. The average molecular weight is 419 g/mol. The predicted molar refractivity (Wildman–Crippen MR) is 108 cm³/mol. The van der Waals surface area contributed by atoms with Gasteiger partial charge in [-0.05, 0) is 47.9 Å². The lowest BCUT2D eigenvalue weighted by Crippen LogP contribution is -2.37. The van der Waals surface area contributed by atoms with Gasteiger partial charge in [-0.2, -0.15) is 0 Å². The number of hydrogen-bond donors (Lipinski definition) is 3. The first-order chi connectivity index (χ1) is 13.8. The first kappa shape index (κ1) is 20.9. The van der Waals surface area contributed by atoms with Crippen LogP contribution in [-0.2, 0) is 6.54 Å². The van der Waals surface area contributed by atoms with Crippen LogP contribution >= 0.6 is 11.6 Å². The van der Waals surface area contributed by atoms with Crippen molar-refractivity contribution in [1.82, 2.24) is 5.32 Å². The highest BCUT2D eigenvalue weighted by atomic mass is 35.5. The Kier molecular flexibility index (Phi) is 6.29. The summed E-state index contributed by atoms with van der Waals surface area (Å²) < 4.78 is 5.22. The van der Waals surface area contributed by atoms with Gasteiger partial charge in [0.05, 0.1) is 23.7 Å². The molecule has 0 aliphatic rings. The summed E-state index contributed by atoms with van der Waals surface area (Å²) in [7, 11) is 0. The van der Waals surface area contributed by atoms with Crippen LogP contribution in [0.15, 0.2) is 51.7 Å². The van der Waals surface area contributed by atoms with E-state index in [9.17, 15) is 25.1 Å². The Balaban J connectivity index is 1.82. The van der Waals surface area contributed by atoms with Crippen molar-refractivity contribution >= 4 is 28.3 Å². The van der Waals surface area contributed by atoms with Gasteiger partial charge in [-0.1, -0.05) is 11.6 Å². The second-order valence-corrected chi connectivity index (χ2v) is 7.06. The van der Waals surface area contributed by atoms with Crippen molar-refractivity contribution in [3.05, 3.63) is 84.7 Å². The van der Waals surface area contributed by atoms with Crippen LogP contribution in [0.1, 0.15) is 22.8 Å². The number of aryl methyl sites for hydroxylation is 1. The Bertz CT molecular complexity index is 1100. The molecule has 3 rings (SSSR count). The number of hydrogen-bond acceptors (Lipinski definition) is 7. The number of fused-ring (bicyclic) bond motifs is 1. The second kappa shape index (κ2) is 8.71. The fourth-order valence-corrected chi connectivity index (χ4v) is 3.20. The molecule has 0 bridgehead atoms. The zero-order valence-corrected chi connectivity index (χ0v) is 16.2. The fraction of sp³-hybridized carbons (Fsp3) is 0.250. The normalized spacial score (nSPS) is 13.4. The lowest BCUT2D eigenvalue weighted by molar-refractivity contribution is -0.384. The number of nitro benzene ring substituents is 1. The van der Waals surface area contributed by atoms with Gasteiger partial charge in [-0.15, -0.1) is 0 Å². The van der Waals surface area contributed by atoms with Crippen molar-refractivity contribution in [1.29, 1.82) is 0 Å². The van der Waals surface area contributed by atoms with Crippen molar-refractivity contribution in [3.63, 3.8) is 0 Å². The van der Waals surface area contributed by atoms with Gasteiger partial charge in [0.25, 0.3) is 5.69 Å². The van der Waals surface area contributed by atoms with Gasteiger partial charge >= 0.3 is 5.63 Å². The molecule has 0 fully saturated rings. The number of halogens is 1. The smallest absolute Gasteiger partial charge is 0.336 e. The highest BCUT2D eigenvalue weighted by molar-refractivity contribution is 6.32. The van der Waals surface area contributed by atoms with Crippen molar-refractivity contribution < 1.29 is 19.6 Å². The third-order valence-electron chi connectivity index (χ3n) is 4.69. The van der Waals surface area contributed by atoms with E-state index in [1.165, 1.54) is 30.3 Å². The molecule has 0 amide bonds. The van der Waals surface area contributed by atoms with Crippen LogP contribution in [0.5, 0.6) is 0 Å². The third kappa shape index (κ3) is 4.63. The number of non-ortho nitro benzene ring substituents is 1. The van der Waals surface area contributed by atoms with E-state index >= 15 is 0 Å². The minimum atomic E-state index is -1.11. The highest BCUT2D eigenvalue weighted by Crippen LogP contribution is 2.26. The van der Waals surface area contributed by atoms with Crippen LogP contribution in [0.4, 0.5) is 5.69 Å². The maximum atomic E-state index is 11.9. The van der Waals surface area contributed by atoms with Crippen molar-refractivity contribution in [3.8, 4) is 0 Å². The van der Waals surface area contributed by atoms with E-state index in [2.05, 4.69) is 5.32 Å². The Morgan fingerprint density at radius 3 is 2.55 bits per heavy atom. The number of nitro groups is 1. The quantitative estimate of drug-likeness (QED) is 0.306. The largest absolute Gasteiger partial charge is 0.423 e. The summed E-state index contributed by atoms with van der Waals surface area (Å²) in [4.78, 5) is 22.1. The topological polar surface area (TPSA) is 126 Å². The zero-order valence-electron chi connectivity index (χ0n) is 15.5. The molecule has 152 valence electrons. The fourth-order valence-electron chi connectivity index (χ4n) is 3.04. The summed E-state index contributed by atoms with van der Waals surface area (Å²) in [6.07, 6.45) is -1.11. The first-order valence-electron chi connectivity index (χ1n) is 8.79. The summed E-state index contributed by atoms with van der Waals surface area (Å²) in [5, 5.41) is 35.2. The number of aliphatic hydroxyl groups is 2. The molecule has 0 saturated heterocycles. The van der Waals surface area contributed by atoms with Gasteiger partial charge in [-0.3, -0.25) is 10.1 Å². The van der Waals surface area contributed by atoms with Crippen molar-refractivity contribution in [2.24, 2.45) is 0 Å². The molecule has 29 heavy (non-hydrogen) atoms. The van der Waals surface area contributed by atoms with Crippen LogP contribution in [0, 0.1) is 17.0 Å². The molecule has 0 aliphatic heterocycles. The maximum absolute atomic E-state index is 11.9. The second-order valence-electron chi connectivity index (χ2n) is 6.65. The number of nitrogens with one attached hydrogen (secondary N) is 1. The number of benzene rings is 2. The molecule has 0 aliphatic carbocycles. The molecule has 2 atom stereocenters. The van der Waals surface area contributed by atoms with E-state index in [1.807, 2.05) is 0 Å². The number of nitrogens with zero attached hydrogens (tertiary/aromatic N) is 1. The zero-order chi connectivity index (χ0) is 21.1. The monoisotopic (exact) mass is 418 g/mol. The van der Waals surface area contributed by atoms with E-state index in [-0.39, 0.29) is 12.2 Å². The molecule has 1 aromatic heterocycles. The van der Waals surface area contributed by atoms with Gasteiger partial charge in [0, 0.05) is 35.2 Å². The van der Waals surface area contributed by atoms with Crippen LogP contribution in [0.25, 0.3) is 11.0 Å². The number of aliphatic hydroxyl groups excluding tert-OH is 2. The summed E-state index contributed by atoms with van der Waals surface area (Å²) in [5.74, 6) is 0. The van der Waals surface area contributed by atoms with E-state index in [4.69, 9.17) is 16.0 Å². The van der Waals surface area contributed by atoms with E-state index in [0.717, 1.165) is 5.56 Å². The Labute approximate surface area is 170 Å². The van der Waals surface area contributed by atoms with Crippen LogP contribution in [0.3, 0.4) is 0 Å². The molecule has 3 N–H and O–H groups in total. The molecule has 0 saturated carbocycles. The summed E-state index contributed by atoms with van der Waals surface area (Å²) in [5.41, 5.74) is 1.57. The predicted octanol–water partition coefficient (Wildman–Crippen LogP) is 2.85. The van der Waals surface area contributed by atoms with E-state index in [0.29, 0.717) is 27.1 Å². The van der Waals surface area contributed by atoms with Crippen LogP contribution in [-0.4, -0.2) is 27.8 Å². The summed E-state index contributed by atoms with van der Waals surface area (Å²) >= 11 is 6.19. The molecule has 9 heteroatoms. The number of rotatable bonds is 7. The van der Waals surface area contributed by atoms with Gasteiger partial charge in [0.1, 0.15) is 5.58 Å². The van der Waals surface area contributed by atoms with Crippen molar-refractivity contribution in [2.45, 2.75) is 25.6 Å². The minimum Gasteiger partial charge on any atom is -0.423 e. The Morgan fingerprint density at radius 1 is 1.24 bits per heavy atom. The van der Waals surface area contributed by atoms with Gasteiger partial charge in [0.2, 0.25) is 0 Å². The molecular formula is C20H19ClN2O6. The highest BCUT2D eigenvalue weighted by Gasteiger charge is 2.21. The SMILES string of the molecule is Cc1cc2oc(=O)cc(CNC(CO)C(O)c3ccc([N+](=O)[O-])cc3)c2cc1Cl. The van der Waals surface area contributed by atoms with Crippen LogP contribution in [0.2, 0.25) is 5.02 Å². The molecule has 8 nitrogen and oxygen atoms in total. The van der Waals surface area contributed by atoms with E-state index < -0.39 is 29.3 Å². The first-order valence-corrected chi connectivity index (χ1v) is 9.17. The molecule has 3 aromatic rings. The average Bonchev–Trinajstić information content (AvgIpc) is 2.69. The molecule has 2 aromatic carbocycles. The Hall–Kier alpha value is -2.78. The molecular weight excluding hydrogens is 400 g/mol. The summed E-state index contributed by atoms with van der Waals surface area (Å²) in [6.45, 7) is 1.57. The van der Waals surface area contributed by atoms with Crippen LogP contribution < -0.4 is 10.9 Å². The lowest BCUT2D eigenvalue weighted by Gasteiger charge is -2.23. The lowest BCUT2D eigenvalue weighted by atomic mass is 10.0. The molecule has 0 spiro atoms. The Morgan fingerprint density at radius 2 is 1.93 bits per heavy atom. The van der Waals surface area contributed by atoms with Gasteiger partial charge in [0.15, 0.2) is 0 Å². The van der Waals surface area contributed by atoms with E-state index in [1.54, 1.807) is 19.1 Å². The van der Waals surface area contributed by atoms with Gasteiger partial charge < -0.3 is 19.9 Å². The molecule has 0 radical (unpaired) electrons. The standard InChI is InChI=1S/C20H19ClN2O6/c1-11-6-18-15(8-16(11)21)13(7-19(25)29-18)9-22-17(10-24)20(26)12-2-4-14(5-3-12)23(27)28/h2-8,17,20,22,24,26H,9-10H2,1H3. The minimum absolute atomic E-state index is 0.0934. The molecule has 1 heterocycles. The third-order valence-corrected chi connectivity index (χ3v) is 5.09. The van der Waals surface area contributed by atoms with Gasteiger partial charge in [-0.25, -0.2) is 4.79 Å². The van der Waals surface area contributed by atoms with Crippen molar-refractivity contribution in [2.75, 3.05) is 6.61 Å². The molecule has 2 unspecified atom stereocenters.